The largest absolute Gasteiger partial charge is 0.507 e. The van der Waals surface area contributed by atoms with Crippen LogP contribution in [0.4, 0.5) is 0 Å². The van der Waals surface area contributed by atoms with Gasteiger partial charge in [0.1, 0.15) is 10.6 Å². The van der Waals surface area contributed by atoms with Gasteiger partial charge in [-0.3, -0.25) is 9.69 Å². The van der Waals surface area contributed by atoms with E-state index in [2.05, 4.69) is 35.1 Å². The molecule has 0 unspecified atom stereocenters. The van der Waals surface area contributed by atoms with Gasteiger partial charge in [0, 0.05) is 28.7 Å². The van der Waals surface area contributed by atoms with E-state index >= 15 is 0 Å². The maximum Gasteiger partial charge on any atom is 0.257 e. The summed E-state index contributed by atoms with van der Waals surface area (Å²) in [6.45, 7) is 1.64. The van der Waals surface area contributed by atoms with Crippen LogP contribution in [0.15, 0.2) is 59.4 Å². The molecule has 0 aliphatic carbocycles. The summed E-state index contributed by atoms with van der Waals surface area (Å²) < 4.78 is 0. The van der Waals surface area contributed by atoms with E-state index in [1.165, 1.54) is 5.56 Å². The summed E-state index contributed by atoms with van der Waals surface area (Å²) in [5.74, 6) is 0.149. The third-order valence-electron chi connectivity index (χ3n) is 4.29. The lowest BCUT2D eigenvalue weighted by Crippen LogP contribution is -2.16. The summed E-state index contributed by atoms with van der Waals surface area (Å²) in [5, 5.41) is 12.3. The number of rotatable bonds is 4. The molecule has 126 valence electrons. The van der Waals surface area contributed by atoms with E-state index in [4.69, 9.17) is 0 Å². The quantitative estimate of drug-likeness (QED) is 0.583. The molecule has 0 bridgehead atoms. The Hall–Kier alpha value is -2.63. The van der Waals surface area contributed by atoms with E-state index in [1.807, 2.05) is 18.2 Å². The molecule has 0 fully saturated rings. The molecule has 2 heterocycles. The molecule has 25 heavy (non-hydrogen) atoms. The maximum absolute atomic E-state index is 12.2. The highest BCUT2D eigenvalue weighted by Gasteiger charge is 2.13. The fourth-order valence-corrected chi connectivity index (χ4v) is 4.34. The van der Waals surface area contributed by atoms with Gasteiger partial charge in [0.2, 0.25) is 0 Å². The van der Waals surface area contributed by atoms with Crippen LogP contribution in [0.5, 0.6) is 5.75 Å². The Balaban J connectivity index is 1.70. The average Bonchev–Trinajstić information content (AvgIpc) is 2.97. The van der Waals surface area contributed by atoms with E-state index in [0.717, 1.165) is 28.2 Å². The van der Waals surface area contributed by atoms with Crippen LogP contribution in [0.2, 0.25) is 0 Å². The lowest BCUT2D eigenvalue weighted by molar-refractivity contribution is 0.322. The number of pyridine rings is 1. The van der Waals surface area contributed by atoms with Gasteiger partial charge in [-0.25, -0.2) is 0 Å². The third-order valence-corrected chi connectivity index (χ3v) is 5.32. The Bertz CT molecular complexity index is 1100. The second kappa shape index (κ2) is 6.35. The Morgan fingerprint density at radius 3 is 2.64 bits per heavy atom. The van der Waals surface area contributed by atoms with E-state index in [0.29, 0.717) is 10.8 Å². The van der Waals surface area contributed by atoms with Gasteiger partial charge in [0.05, 0.1) is 5.39 Å². The monoisotopic (exact) mass is 350 g/mol. The summed E-state index contributed by atoms with van der Waals surface area (Å²) >= 11 is 1.57. The number of nitrogens with one attached hydrogen (secondary N) is 1. The molecule has 0 saturated heterocycles. The number of aromatic nitrogens is 1. The molecule has 2 N–H and O–H groups in total. The van der Waals surface area contributed by atoms with E-state index in [-0.39, 0.29) is 11.3 Å². The molecule has 0 atom stereocenters. The van der Waals surface area contributed by atoms with Crippen LogP contribution < -0.4 is 5.56 Å². The summed E-state index contributed by atoms with van der Waals surface area (Å²) in [6, 6.07) is 17.5. The summed E-state index contributed by atoms with van der Waals surface area (Å²) in [6.07, 6.45) is 0. The maximum atomic E-state index is 12.2. The number of benzene rings is 2. The van der Waals surface area contributed by atoms with Gasteiger partial charge in [0.15, 0.2) is 0 Å². The first kappa shape index (κ1) is 15.9. The number of phenolic OH excluding ortho intramolecular Hbond substituents is 1. The van der Waals surface area contributed by atoms with Crippen molar-refractivity contribution in [3.8, 4) is 5.75 Å². The van der Waals surface area contributed by atoms with Gasteiger partial charge in [-0.15, -0.1) is 11.3 Å². The number of aromatic hydroxyl groups is 1. The van der Waals surface area contributed by atoms with Crippen molar-refractivity contribution in [3.05, 3.63) is 75.4 Å². The molecule has 5 heteroatoms. The lowest BCUT2D eigenvalue weighted by atomic mass is 10.1. The van der Waals surface area contributed by atoms with Gasteiger partial charge in [0.25, 0.3) is 5.56 Å². The van der Waals surface area contributed by atoms with Gasteiger partial charge >= 0.3 is 0 Å². The first-order valence-corrected chi connectivity index (χ1v) is 8.92. The molecule has 4 nitrogen and oxygen atoms in total. The average molecular weight is 350 g/mol. The molecule has 0 aliphatic heterocycles. The molecule has 0 aliphatic rings. The number of fused-ring (bicyclic) bond motifs is 3. The summed E-state index contributed by atoms with van der Waals surface area (Å²) in [5.41, 5.74) is 1.10. The summed E-state index contributed by atoms with van der Waals surface area (Å²) in [4.78, 5) is 19.4. The minimum atomic E-state index is -0.163. The van der Waals surface area contributed by atoms with Crippen LogP contribution in [-0.2, 0) is 13.1 Å². The first-order chi connectivity index (χ1) is 12.1. The van der Waals surface area contributed by atoms with Crippen molar-refractivity contribution in [1.82, 2.24) is 9.88 Å². The van der Waals surface area contributed by atoms with Crippen molar-refractivity contribution < 1.29 is 5.11 Å². The number of hydrogen-bond donors (Lipinski definition) is 2. The number of H-pyrrole nitrogens is 1. The molecule has 4 rings (SSSR count). The number of thiophene rings is 1. The first-order valence-electron chi connectivity index (χ1n) is 8.10. The van der Waals surface area contributed by atoms with Crippen LogP contribution in [0, 0.1) is 0 Å². The van der Waals surface area contributed by atoms with Gasteiger partial charge in [-0.05, 0) is 30.8 Å². The van der Waals surface area contributed by atoms with Crippen LogP contribution >= 0.6 is 11.3 Å². The number of nitrogens with zero attached hydrogens (tertiary/aromatic N) is 1. The van der Waals surface area contributed by atoms with Crippen molar-refractivity contribution in [2.45, 2.75) is 13.1 Å². The normalized spacial score (nSPS) is 11.6. The number of aromatic amines is 1. The molecule has 2 aromatic carbocycles. The highest BCUT2D eigenvalue weighted by Crippen LogP contribution is 2.34. The van der Waals surface area contributed by atoms with E-state index in [9.17, 15) is 9.90 Å². The van der Waals surface area contributed by atoms with Gasteiger partial charge in [-0.1, -0.05) is 36.4 Å². The highest BCUT2D eigenvalue weighted by atomic mass is 32.1. The standard InChI is InChI=1S/C20H18N2O2S/c1-22(11-13-6-3-2-4-7-13)12-14-10-16-18-15(8-5-9-17(18)23)19(24)21-20(16)25-14/h2-10,23H,11-12H2,1H3,(H,21,24). The van der Waals surface area contributed by atoms with Crippen LogP contribution in [0.1, 0.15) is 10.4 Å². The lowest BCUT2D eigenvalue weighted by Gasteiger charge is -2.15. The van der Waals surface area contributed by atoms with Crippen molar-refractivity contribution >= 4 is 32.3 Å². The molecule has 4 aromatic rings. The highest BCUT2D eigenvalue weighted by molar-refractivity contribution is 7.18. The zero-order valence-electron chi connectivity index (χ0n) is 13.8. The SMILES string of the molecule is CN(Cc1ccccc1)Cc1cc2c([nH]c(=O)c3cccc(O)c32)s1. The van der Waals surface area contributed by atoms with Crippen molar-refractivity contribution in [2.24, 2.45) is 0 Å². The zero-order valence-corrected chi connectivity index (χ0v) is 14.6. The molecule has 2 aromatic heterocycles. The Morgan fingerprint density at radius 2 is 1.84 bits per heavy atom. The Morgan fingerprint density at radius 1 is 1.04 bits per heavy atom. The van der Waals surface area contributed by atoms with Gasteiger partial charge in [-0.2, -0.15) is 0 Å². The molecule has 0 saturated carbocycles. The second-order valence-electron chi connectivity index (χ2n) is 6.27. The second-order valence-corrected chi connectivity index (χ2v) is 7.40. The van der Waals surface area contributed by atoms with Crippen LogP contribution in [-0.4, -0.2) is 22.0 Å². The number of phenols is 1. The topological polar surface area (TPSA) is 56.3 Å². The van der Waals surface area contributed by atoms with Crippen LogP contribution in [0.3, 0.4) is 0 Å². The van der Waals surface area contributed by atoms with Crippen LogP contribution in [0.25, 0.3) is 21.0 Å². The molecular weight excluding hydrogens is 332 g/mol. The minimum absolute atomic E-state index is 0.149. The zero-order chi connectivity index (χ0) is 17.4. The van der Waals surface area contributed by atoms with Crippen molar-refractivity contribution in [1.29, 1.82) is 0 Å². The third kappa shape index (κ3) is 3.04. The molecule has 0 amide bonds. The van der Waals surface area contributed by atoms with Crippen molar-refractivity contribution in [2.75, 3.05) is 7.05 Å². The molecular formula is C20H18N2O2S. The fraction of sp³-hybridized carbons (Fsp3) is 0.150. The molecule has 0 radical (unpaired) electrons. The Labute approximate surface area is 149 Å². The van der Waals surface area contributed by atoms with Crippen molar-refractivity contribution in [3.63, 3.8) is 0 Å². The summed E-state index contributed by atoms with van der Waals surface area (Å²) in [7, 11) is 2.08. The Kier molecular flexibility index (Phi) is 4.03. The molecule has 0 spiro atoms. The van der Waals surface area contributed by atoms with Gasteiger partial charge < -0.3 is 10.1 Å². The predicted molar refractivity (Wildman–Crippen MR) is 103 cm³/mol. The van der Waals surface area contributed by atoms with E-state index in [1.54, 1.807) is 29.5 Å². The minimum Gasteiger partial charge on any atom is -0.507 e. The van der Waals surface area contributed by atoms with E-state index < -0.39 is 0 Å². The fourth-order valence-electron chi connectivity index (χ4n) is 3.20. The number of hydrogen-bond acceptors (Lipinski definition) is 4. The predicted octanol–water partition coefficient (Wildman–Crippen LogP) is 4.08. The smallest absolute Gasteiger partial charge is 0.257 e.